The Balaban J connectivity index is 4.68. The molecule has 174 valence electrons. The molecule has 0 amide bonds. The Bertz CT molecular complexity index is 510. The van der Waals surface area contributed by atoms with E-state index in [1.165, 1.54) is 46.5 Å². The molecule has 3 N–H and O–H groups in total. The predicted molar refractivity (Wildman–Crippen MR) is 117 cm³/mol. The van der Waals surface area contributed by atoms with Gasteiger partial charge in [-0.2, -0.15) is 0 Å². The molecule has 7 heteroatoms. The van der Waals surface area contributed by atoms with Crippen LogP contribution in [0, 0.1) is 0 Å². The monoisotopic (exact) mass is 428 g/mol. The van der Waals surface area contributed by atoms with Gasteiger partial charge in [-0.15, -0.1) is 0 Å². The molecule has 0 aromatic rings. The molecule has 0 saturated carbocycles. The quantitative estimate of drug-likeness (QED) is 0.166. The molecule has 7 nitrogen and oxygen atoms in total. The lowest BCUT2D eigenvalue weighted by Gasteiger charge is -2.47. The first-order chi connectivity index (χ1) is 14.1. The van der Waals surface area contributed by atoms with Crippen molar-refractivity contribution in [2.24, 2.45) is 0 Å². The molecule has 0 aliphatic heterocycles. The molecule has 0 bridgehead atoms. The summed E-state index contributed by atoms with van der Waals surface area (Å²) in [6.07, 6.45) is 15.0. The lowest BCUT2D eigenvalue weighted by molar-refractivity contribution is -0.968. The van der Waals surface area contributed by atoms with Gasteiger partial charge < -0.3 is 15.3 Å². The highest BCUT2D eigenvalue weighted by atomic mass is 16.4. The molecule has 0 aliphatic carbocycles. The number of rotatable bonds is 18. The number of carbonyl (C=O) groups is 3. The lowest BCUT2D eigenvalue weighted by atomic mass is 10.00. The molecule has 0 fully saturated rings. The van der Waals surface area contributed by atoms with Crippen molar-refractivity contribution >= 4 is 17.9 Å². The molecular weight excluding hydrogens is 386 g/mol. The Morgan fingerprint density at radius 3 is 1.33 bits per heavy atom. The minimum atomic E-state index is -1.18. The summed E-state index contributed by atoms with van der Waals surface area (Å²) >= 11 is 0. The molecule has 0 aromatic heterocycles. The van der Waals surface area contributed by atoms with E-state index in [1.807, 2.05) is 6.92 Å². The molecule has 3 unspecified atom stereocenters. The molecule has 0 aromatic carbocycles. The number of carboxylic acid groups (broad SMARTS) is 3. The van der Waals surface area contributed by atoms with E-state index < -0.39 is 40.5 Å². The number of carboxylic acids is 3. The highest BCUT2D eigenvalue weighted by Crippen LogP contribution is 2.27. The molecular formula is C23H42NO6+. The van der Waals surface area contributed by atoms with Crippen LogP contribution >= 0.6 is 0 Å². The van der Waals surface area contributed by atoms with E-state index in [2.05, 4.69) is 12.2 Å². The van der Waals surface area contributed by atoms with E-state index in [-0.39, 0.29) is 6.54 Å². The molecule has 3 atom stereocenters. The molecule has 0 rings (SSSR count). The van der Waals surface area contributed by atoms with Gasteiger partial charge in [0.15, 0.2) is 18.1 Å². The summed E-state index contributed by atoms with van der Waals surface area (Å²) < 4.78 is -0.480. The fourth-order valence-corrected chi connectivity index (χ4v) is 4.26. The Morgan fingerprint density at radius 1 is 0.667 bits per heavy atom. The first-order valence-corrected chi connectivity index (χ1v) is 11.3. The standard InChI is InChI=1S/C23H41NO6/c1-5-6-7-8-9-10-11-12-13-14-15-16-17-24(18(2)21(25)26,19(3)22(27)28)20(4)23(29)30/h5-6,18-20H,7-17H2,1-4H3,(H2-,25,26,27,28,29,30)/p+1/b6-5+. The van der Waals surface area contributed by atoms with E-state index in [0.29, 0.717) is 6.42 Å². The van der Waals surface area contributed by atoms with Gasteiger partial charge >= 0.3 is 17.9 Å². The third-order valence-electron chi connectivity index (χ3n) is 6.39. The van der Waals surface area contributed by atoms with Gasteiger partial charge in [0.1, 0.15) is 0 Å². The van der Waals surface area contributed by atoms with Gasteiger partial charge in [-0.25, -0.2) is 14.4 Å². The predicted octanol–water partition coefficient (Wildman–Crippen LogP) is 4.70. The van der Waals surface area contributed by atoms with Crippen LogP contribution in [0.25, 0.3) is 0 Å². The van der Waals surface area contributed by atoms with Crippen molar-refractivity contribution in [2.45, 2.75) is 110 Å². The maximum atomic E-state index is 11.7. The largest absolute Gasteiger partial charge is 0.477 e. The van der Waals surface area contributed by atoms with E-state index in [1.54, 1.807) is 0 Å². The minimum absolute atomic E-state index is 0.222. The second kappa shape index (κ2) is 15.0. The third kappa shape index (κ3) is 8.86. The van der Waals surface area contributed by atoms with E-state index >= 15 is 0 Å². The van der Waals surface area contributed by atoms with Crippen molar-refractivity contribution in [3.63, 3.8) is 0 Å². The molecule has 0 saturated heterocycles. The van der Waals surface area contributed by atoms with E-state index in [9.17, 15) is 29.7 Å². The van der Waals surface area contributed by atoms with Gasteiger partial charge in [0.05, 0.1) is 6.54 Å². The highest BCUT2D eigenvalue weighted by molar-refractivity contribution is 5.77. The molecule has 30 heavy (non-hydrogen) atoms. The summed E-state index contributed by atoms with van der Waals surface area (Å²) in [4.78, 5) is 35.1. The summed E-state index contributed by atoms with van der Waals surface area (Å²) in [5, 5.41) is 28.7. The minimum Gasteiger partial charge on any atom is -0.477 e. The highest BCUT2D eigenvalue weighted by Gasteiger charge is 2.52. The van der Waals surface area contributed by atoms with Crippen LogP contribution < -0.4 is 0 Å². The number of hydrogen-bond acceptors (Lipinski definition) is 3. The Labute approximate surface area is 181 Å². The van der Waals surface area contributed by atoms with Crippen molar-refractivity contribution in [2.75, 3.05) is 6.54 Å². The van der Waals surface area contributed by atoms with Crippen molar-refractivity contribution in [3.05, 3.63) is 12.2 Å². The number of hydrogen-bond donors (Lipinski definition) is 3. The Hall–Kier alpha value is -1.89. The summed E-state index contributed by atoms with van der Waals surface area (Å²) in [6.45, 7) is 6.50. The van der Waals surface area contributed by atoms with Gasteiger partial charge in [-0.1, -0.05) is 50.7 Å². The summed E-state index contributed by atoms with van der Waals surface area (Å²) in [5.74, 6) is -3.53. The Kier molecular flexibility index (Phi) is 14.0. The smallest absolute Gasteiger partial charge is 0.362 e. The fourth-order valence-electron chi connectivity index (χ4n) is 4.26. The van der Waals surface area contributed by atoms with Crippen LogP contribution in [0.5, 0.6) is 0 Å². The first kappa shape index (κ1) is 28.1. The van der Waals surface area contributed by atoms with Crippen LogP contribution in [-0.4, -0.2) is 62.4 Å². The SMILES string of the molecule is C/C=C/CCCCCCCCCCC[N+](C(C)C(=O)O)(C(C)C(=O)O)C(C)C(=O)O. The van der Waals surface area contributed by atoms with Gasteiger partial charge in [-0.3, -0.25) is 4.48 Å². The van der Waals surface area contributed by atoms with Crippen LogP contribution in [0.3, 0.4) is 0 Å². The fraction of sp³-hybridized carbons (Fsp3) is 0.783. The average Bonchev–Trinajstić information content (AvgIpc) is 2.70. The zero-order valence-electron chi connectivity index (χ0n) is 19.2. The lowest BCUT2D eigenvalue weighted by Crippen LogP contribution is -2.70. The zero-order valence-corrected chi connectivity index (χ0v) is 19.2. The van der Waals surface area contributed by atoms with E-state index in [0.717, 1.165) is 32.1 Å². The molecule has 0 heterocycles. The molecule has 0 spiro atoms. The maximum absolute atomic E-state index is 11.7. The summed E-state index contributed by atoms with van der Waals surface area (Å²) in [7, 11) is 0. The number of unbranched alkanes of at least 4 members (excludes halogenated alkanes) is 9. The second-order valence-electron chi connectivity index (χ2n) is 8.30. The summed E-state index contributed by atoms with van der Waals surface area (Å²) in [6, 6.07) is -3.36. The topological polar surface area (TPSA) is 112 Å². The van der Waals surface area contributed by atoms with Crippen molar-refractivity contribution in [1.82, 2.24) is 0 Å². The Morgan fingerprint density at radius 2 is 1.00 bits per heavy atom. The van der Waals surface area contributed by atoms with Gasteiger partial charge in [-0.05, 0) is 53.4 Å². The van der Waals surface area contributed by atoms with Crippen LogP contribution in [0.4, 0.5) is 0 Å². The second-order valence-corrected chi connectivity index (χ2v) is 8.30. The third-order valence-corrected chi connectivity index (χ3v) is 6.39. The zero-order chi connectivity index (χ0) is 23.2. The normalized spacial score (nSPS) is 16.7. The van der Waals surface area contributed by atoms with Gasteiger partial charge in [0.2, 0.25) is 0 Å². The van der Waals surface area contributed by atoms with Crippen molar-refractivity contribution in [3.8, 4) is 0 Å². The van der Waals surface area contributed by atoms with Crippen LogP contribution in [0.2, 0.25) is 0 Å². The molecule has 0 radical (unpaired) electrons. The van der Waals surface area contributed by atoms with Crippen molar-refractivity contribution in [1.29, 1.82) is 0 Å². The van der Waals surface area contributed by atoms with Crippen LogP contribution in [-0.2, 0) is 14.4 Å². The van der Waals surface area contributed by atoms with Gasteiger partial charge in [0, 0.05) is 0 Å². The molecule has 0 aliphatic rings. The number of aliphatic carboxylic acids is 3. The van der Waals surface area contributed by atoms with Crippen LogP contribution in [0.15, 0.2) is 12.2 Å². The average molecular weight is 429 g/mol. The van der Waals surface area contributed by atoms with Gasteiger partial charge in [0.25, 0.3) is 0 Å². The van der Waals surface area contributed by atoms with Crippen molar-refractivity contribution < 1.29 is 34.2 Å². The first-order valence-electron chi connectivity index (χ1n) is 11.3. The van der Waals surface area contributed by atoms with Crippen LogP contribution in [0.1, 0.15) is 91.9 Å². The maximum Gasteiger partial charge on any atom is 0.362 e. The number of quaternary nitrogens is 1. The summed E-state index contributed by atoms with van der Waals surface area (Å²) in [5.41, 5.74) is 0. The number of nitrogens with zero attached hydrogens (tertiary/aromatic N) is 1. The number of allylic oxidation sites excluding steroid dienone is 2. The van der Waals surface area contributed by atoms with E-state index in [4.69, 9.17) is 0 Å².